The predicted molar refractivity (Wildman–Crippen MR) is 79.8 cm³/mol. The summed E-state index contributed by atoms with van der Waals surface area (Å²) in [5.74, 6) is 0.641. The Labute approximate surface area is 123 Å². The van der Waals surface area contributed by atoms with E-state index >= 15 is 0 Å². The Morgan fingerprint density at radius 2 is 1.95 bits per heavy atom. The van der Waals surface area contributed by atoms with Crippen LogP contribution in [0.4, 0.5) is 0 Å². The average molecular weight is 285 g/mol. The van der Waals surface area contributed by atoms with Gasteiger partial charge in [0.1, 0.15) is 0 Å². The number of nitrogens with one attached hydrogen (secondary N) is 1. The van der Waals surface area contributed by atoms with Crippen molar-refractivity contribution < 1.29 is 14.6 Å². The minimum atomic E-state index is -0.393. The lowest BCUT2D eigenvalue weighted by Crippen LogP contribution is -2.48. The first-order valence-corrected chi connectivity index (χ1v) is 8.33. The second-order valence-electron chi connectivity index (χ2n) is 6.44. The molecular weight excluding hydrogens is 254 g/mol. The molecule has 0 amide bonds. The molecule has 4 heteroatoms. The van der Waals surface area contributed by atoms with Gasteiger partial charge in [-0.05, 0) is 38.5 Å². The summed E-state index contributed by atoms with van der Waals surface area (Å²) in [7, 11) is 0. The molecule has 0 bridgehead atoms. The Morgan fingerprint density at radius 1 is 1.20 bits per heavy atom. The Morgan fingerprint density at radius 3 is 2.65 bits per heavy atom. The van der Waals surface area contributed by atoms with E-state index in [2.05, 4.69) is 12.2 Å². The van der Waals surface area contributed by atoms with Crippen LogP contribution in [0.25, 0.3) is 0 Å². The predicted octanol–water partition coefficient (Wildman–Crippen LogP) is 2.10. The molecule has 0 radical (unpaired) electrons. The molecule has 2 saturated carbocycles. The summed E-state index contributed by atoms with van der Waals surface area (Å²) >= 11 is 0. The Hall–Kier alpha value is -0.160. The summed E-state index contributed by atoms with van der Waals surface area (Å²) in [6.45, 7) is 6.19. The van der Waals surface area contributed by atoms with Crippen LogP contribution < -0.4 is 5.32 Å². The molecule has 0 aliphatic heterocycles. The highest BCUT2D eigenvalue weighted by Crippen LogP contribution is 2.26. The molecule has 0 aromatic carbocycles. The highest BCUT2D eigenvalue weighted by molar-refractivity contribution is 4.86. The molecule has 2 aliphatic rings. The summed E-state index contributed by atoms with van der Waals surface area (Å²) in [6.07, 6.45) is 7.54. The van der Waals surface area contributed by atoms with Gasteiger partial charge in [-0.1, -0.05) is 19.8 Å². The molecule has 3 atom stereocenters. The van der Waals surface area contributed by atoms with Crippen molar-refractivity contribution in [2.24, 2.45) is 5.92 Å². The van der Waals surface area contributed by atoms with Crippen molar-refractivity contribution >= 4 is 0 Å². The van der Waals surface area contributed by atoms with Crippen molar-refractivity contribution in [1.82, 2.24) is 5.32 Å². The lowest BCUT2D eigenvalue weighted by atomic mass is 9.88. The van der Waals surface area contributed by atoms with E-state index in [9.17, 15) is 5.11 Å². The Bertz CT molecular complexity index is 268. The van der Waals surface area contributed by atoms with Crippen LogP contribution in [0.1, 0.15) is 52.4 Å². The highest BCUT2D eigenvalue weighted by atomic mass is 16.5. The van der Waals surface area contributed by atoms with Crippen molar-refractivity contribution in [3.63, 3.8) is 0 Å². The molecule has 2 fully saturated rings. The van der Waals surface area contributed by atoms with Crippen molar-refractivity contribution in [1.29, 1.82) is 0 Å². The zero-order valence-corrected chi connectivity index (χ0v) is 13.0. The van der Waals surface area contributed by atoms with Crippen LogP contribution in [-0.2, 0) is 9.47 Å². The highest BCUT2D eigenvalue weighted by Gasteiger charge is 2.29. The van der Waals surface area contributed by atoms with E-state index in [4.69, 9.17) is 9.47 Å². The molecular formula is C16H31NO3. The number of hydrogen-bond acceptors (Lipinski definition) is 4. The van der Waals surface area contributed by atoms with E-state index in [1.54, 1.807) is 0 Å². The smallest absolute Gasteiger partial charge is 0.0897 e. The fraction of sp³-hybridized carbons (Fsp3) is 1.00. The first-order chi connectivity index (χ1) is 9.69. The second kappa shape index (κ2) is 8.32. The summed E-state index contributed by atoms with van der Waals surface area (Å²) in [5.41, 5.74) is 0. The van der Waals surface area contributed by atoms with E-state index in [-0.39, 0.29) is 0 Å². The van der Waals surface area contributed by atoms with E-state index in [0.29, 0.717) is 37.3 Å². The third-order valence-electron chi connectivity index (χ3n) is 4.67. The third kappa shape index (κ3) is 4.99. The van der Waals surface area contributed by atoms with Gasteiger partial charge in [-0.3, -0.25) is 0 Å². The average Bonchev–Trinajstić information content (AvgIpc) is 2.40. The molecule has 2 N–H and O–H groups in total. The lowest BCUT2D eigenvalue weighted by Gasteiger charge is -2.36. The minimum Gasteiger partial charge on any atom is -0.389 e. The molecule has 118 valence electrons. The first kappa shape index (κ1) is 16.2. The summed E-state index contributed by atoms with van der Waals surface area (Å²) in [5, 5.41) is 13.4. The lowest BCUT2D eigenvalue weighted by molar-refractivity contribution is -0.0496. The maximum absolute atomic E-state index is 9.99. The SMILES string of the molecule is CCOC1CC(NCC(O)COC2CCCCC2C)C1. The van der Waals surface area contributed by atoms with Crippen molar-refractivity contribution in [2.75, 3.05) is 19.8 Å². The van der Waals surface area contributed by atoms with Gasteiger partial charge in [-0.25, -0.2) is 0 Å². The van der Waals surface area contributed by atoms with Crippen LogP contribution in [0.2, 0.25) is 0 Å². The maximum atomic E-state index is 9.99. The van der Waals surface area contributed by atoms with E-state index in [1.165, 1.54) is 19.3 Å². The first-order valence-electron chi connectivity index (χ1n) is 8.33. The van der Waals surface area contributed by atoms with Crippen LogP contribution in [0.5, 0.6) is 0 Å². The largest absolute Gasteiger partial charge is 0.389 e. The van der Waals surface area contributed by atoms with Crippen LogP contribution >= 0.6 is 0 Å². The fourth-order valence-corrected chi connectivity index (χ4v) is 3.23. The molecule has 0 saturated heterocycles. The molecule has 4 nitrogen and oxygen atoms in total. The second-order valence-corrected chi connectivity index (χ2v) is 6.44. The molecule has 3 unspecified atom stereocenters. The summed E-state index contributed by atoms with van der Waals surface area (Å²) in [4.78, 5) is 0. The van der Waals surface area contributed by atoms with E-state index < -0.39 is 6.10 Å². The topological polar surface area (TPSA) is 50.7 Å². The minimum absolute atomic E-state index is 0.351. The Kier molecular flexibility index (Phi) is 6.75. The number of aliphatic hydroxyl groups excluding tert-OH is 1. The number of rotatable bonds is 8. The zero-order chi connectivity index (χ0) is 14.4. The van der Waals surface area contributed by atoms with Gasteiger partial charge in [0.05, 0.1) is 24.9 Å². The fourth-order valence-electron chi connectivity index (χ4n) is 3.23. The molecule has 0 heterocycles. The molecule has 0 aromatic heterocycles. The zero-order valence-electron chi connectivity index (χ0n) is 13.0. The molecule has 2 aliphatic carbocycles. The van der Waals surface area contributed by atoms with Gasteiger partial charge in [-0.15, -0.1) is 0 Å². The van der Waals surface area contributed by atoms with Crippen LogP contribution in [0.15, 0.2) is 0 Å². The quantitative estimate of drug-likeness (QED) is 0.717. The summed E-state index contributed by atoms with van der Waals surface area (Å²) in [6, 6.07) is 0.509. The Balaban J connectivity index is 1.51. The van der Waals surface area contributed by atoms with Gasteiger partial charge in [-0.2, -0.15) is 0 Å². The van der Waals surface area contributed by atoms with Gasteiger partial charge in [0.25, 0.3) is 0 Å². The number of hydrogen-bond donors (Lipinski definition) is 2. The molecule has 0 aromatic rings. The van der Waals surface area contributed by atoms with Crippen molar-refractivity contribution in [3.05, 3.63) is 0 Å². The third-order valence-corrected chi connectivity index (χ3v) is 4.67. The normalized spacial score (nSPS) is 35.5. The number of aliphatic hydroxyl groups is 1. The van der Waals surface area contributed by atoms with E-state index in [0.717, 1.165) is 25.9 Å². The van der Waals surface area contributed by atoms with Gasteiger partial charge in [0.2, 0.25) is 0 Å². The van der Waals surface area contributed by atoms with Gasteiger partial charge >= 0.3 is 0 Å². The maximum Gasteiger partial charge on any atom is 0.0897 e. The molecule has 2 rings (SSSR count). The van der Waals surface area contributed by atoms with Crippen molar-refractivity contribution in [3.8, 4) is 0 Å². The molecule has 20 heavy (non-hydrogen) atoms. The number of ether oxygens (including phenoxy) is 2. The van der Waals surface area contributed by atoms with Crippen molar-refractivity contribution in [2.45, 2.75) is 76.7 Å². The van der Waals surface area contributed by atoms with Gasteiger partial charge in [0, 0.05) is 19.2 Å². The monoisotopic (exact) mass is 285 g/mol. The van der Waals surface area contributed by atoms with Crippen LogP contribution in [0.3, 0.4) is 0 Å². The van der Waals surface area contributed by atoms with Gasteiger partial charge < -0.3 is 19.9 Å². The van der Waals surface area contributed by atoms with E-state index in [1.807, 2.05) is 6.92 Å². The standard InChI is InChI=1S/C16H31NO3/c1-3-19-15-8-13(9-15)17-10-14(18)11-20-16-7-5-4-6-12(16)2/h12-18H,3-11H2,1-2H3. The summed E-state index contributed by atoms with van der Waals surface area (Å²) < 4.78 is 11.4. The van der Waals surface area contributed by atoms with Crippen LogP contribution in [-0.4, -0.2) is 49.2 Å². The van der Waals surface area contributed by atoms with Gasteiger partial charge in [0.15, 0.2) is 0 Å². The van der Waals surface area contributed by atoms with Crippen LogP contribution in [0, 0.1) is 5.92 Å². The molecule has 0 spiro atoms.